The van der Waals surface area contributed by atoms with E-state index in [2.05, 4.69) is 59.6 Å². The number of guanidine groups is 1. The topological polar surface area (TPSA) is 64.6 Å². The Morgan fingerprint density at radius 1 is 1.27 bits per heavy atom. The minimum absolute atomic E-state index is 0.0232. The van der Waals surface area contributed by atoms with Gasteiger partial charge in [-0.1, -0.05) is 55.0 Å². The molecule has 0 saturated heterocycles. The molecule has 3 N–H and O–H groups in total. The number of halogens is 1. The van der Waals surface area contributed by atoms with E-state index in [1.54, 1.807) is 11.3 Å². The molecule has 30 heavy (non-hydrogen) atoms. The van der Waals surface area contributed by atoms with Crippen molar-refractivity contribution < 1.29 is 0 Å². The summed E-state index contributed by atoms with van der Waals surface area (Å²) in [5, 5.41) is 11.9. The summed E-state index contributed by atoms with van der Waals surface area (Å²) < 4.78 is 0. The lowest BCUT2D eigenvalue weighted by Gasteiger charge is -2.27. The Balaban J connectivity index is 1.85. The maximum atomic E-state index is 6.48. The first-order valence-corrected chi connectivity index (χ1v) is 11.7. The average molecular weight is 447 g/mol. The summed E-state index contributed by atoms with van der Waals surface area (Å²) in [5.74, 6) is 0.761. The van der Waals surface area contributed by atoms with Gasteiger partial charge in [-0.05, 0) is 39.1 Å². The van der Waals surface area contributed by atoms with E-state index < -0.39 is 0 Å². The zero-order valence-electron chi connectivity index (χ0n) is 18.1. The third-order valence-electron chi connectivity index (χ3n) is 4.87. The van der Waals surface area contributed by atoms with E-state index >= 15 is 0 Å². The van der Waals surface area contributed by atoms with Crippen molar-refractivity contribution in [2.45, 2.75) is 39.8 Å². The van der Waals surface area contributed by atoms with E-state index in [-0.39, 0.29) is 6.04 Å². The van der Waals surface area contributed by atoms with Crippen LogP contribution >= 0.6 is 22.9 Å². The Hall–Kier alpha value is -2.09. The van der Waals surface area contributed by atoms with Gasteiger partial charge >= 0.3 is 0 Å². The van der Waals surface area contributed by atoms with Gasteiger partial charge in [0.1, 0.15) is 0 Å². The molecule has 2 heterocycles. The zero-order chi connectivity index (χ0) is 21.5. The summed E-state index contributed by atoms with van der Waals surface area (Å²) in [6, 6.07) is 8.19. The summed E-state index contributed by atoms with van der Waals surface area (Å²) in [4.78, 5) is 12.8. The van der Waals surface area contributed by atoms with Crippen molar-refractivity contribution in [2.24, 2.45) is 4.99 Å². The lowest BCUT2D eigenvalue weighted by molar-refractivity contribution is 0.313. The van der Waals surface area contributed by atoms with Crippen LogP contribution in [0.15, 0.2) is 41.5 Å². The molecule has 0 radical (unpaired) electrons. The van der Waals surface area contributed by atoms with Gasteiger partial charge in [-0.3, -0.25) is 4.99 Å². The number of nitrogens with zero attached hydrogens (tertiary/aromatic N) is 3. The zero-order valence-corrected chi connectivity index (χ0v) is 19.6. The van der Waals surface area contributed by atoms with Gasteiger partial charge in [0.05, 0.1) is 17.5 Å². The van der Waals surface area contributed by atoms with Crippen molar-refractivity contribution in [1.29, 1.82) is 0 Å². The normalized spacial score (nSPS) is 17.8. The molecule has 1 unspecified atom stereocenters. The van der Waals surface area contributed by atoms with Gasteiger partial charge in [-0.25, -0.2) is 4.98 Å². The second-order valence-electron chi connectivity index (χ2n) is 7.43. The molecule has 0 aliphatic carbocycles. The Morgan fingerprint density at radius 2 is 2.03 bits per heavy atom. The summed E-state index contributed by atoms with van der Waals surface area (Å²) >= 11 is 8.13. The third-order valence-corrected chi connectivity index (χ3v) is 6.21. The van der Waals surface area contributed by atoms with Crippen molar-refractivity contribution >= 4 is 39.7 Å². The van der Waals surface area contributed by atoms with Crippen LogP contribution in [-0.4, -0.2) is 48.1 Å². The molecule has 1 aliphatic heterocycles. The highest BCUT2D eigenvalue weighted by molar-refractivity contribution is 7.15. The molecule has 8 heteroatoms. The van der Waals surface area contributed by atoms with E-state index in [4.69, 9.17) is 16.6 Å². The highest BCUT2D eigenvalue weighted by Crippen LogP contribution is 2.31. The van der Waals surface area contributed by atoms with Crippen LogP contribution in [0.3, 0.4) is 0 Å². The molecule has 0 amide bonds. The summed E-state index contributed by atoms with van der Waals surface area (Å²) in [6.07, 6.45) is 4.07. The number of rotatable bonds is 9. The van der Waals surface area contributed by atoms with Crippen molar-refractivity contribution in [2.75, 3.05) is 31.5 Å². The van der Waals surface area contributed by atoms with Crippen LogP contribution in [0.2, 0.25) is 5.02 Å². The first-order valence-electron chi connectivity index (χ1n) is 10.5. The number of nitrogens with one attached hydrogen (secondary N) is 3. The lowest BCUT2D eigenvalue weighted by atomic mass is 10.1. The molecule has 1 aromatic carbocycles. The number of likely N-dealkylation sites (N-methyl/N-ethyl adjacent to an activating group) is 1. The van der Waals surface area contributed by atoms with Crippen molar-refractivity contribution in [1.82, 2.24) is 20.5 Å². The highest BCUT2D eigenvalue weighted by atomic mass is 35.5. The standard InChI is InChI=1S/C22H31ClN6S/c1-5-29(6-2)12-11-24-21-27-18(16-9-7-8-10-17(16)23)13-19(28-21)20-14-25-22(30-20)26-15(3)4/h7-10,13-15,19H,5-6,11-12H2,1-4H3,(H,25,26)(H2,24,27,28). The lowest BCUT2D eigenvalue weighted by Crippen LogP contribution is -2.42. The molecular weight excluding hydrogens is 416 g/mol. The Labute approximate surface area is 188 Å². The van der Waals surface area contributed by atoms with Crippen LogP contribution in [0.5, 0.6) is 0 Å². The van der Waals surface area contributed by atoms with Crippen molar-refractivity contribution in [3.05, 3.63) is 52.0 Å². The quantitative estimate of drug-likeness (QED) is 0.525. The fourth-order valence-corrected chi connectivity index (χ4v) is 4.44. The molecule has 1 aromatic heterocycles. The number of aliphatic imine (C=N–C) groups is 1. The van der Waals surface area contributed by atoms with Crippen LogP contribution in [0.4, 0.5) is 5.13 Å². The van der Waals surface area contributed by atoms with Crippen LogP contribution < -0.4 is 16.0 Å². The molecule has 1 aliphatic rings. The molecule has 1 atom stereocenters. The third kappa shape index (κ3) is 5.97. The maximum absolute atomic E-state index is 6.48. The fraction of sp³-hybridized carbons (Fsp3) is 0.455. The second kappa shape index (κ2) is 10.8. The van der Waals surface area contributed by atoms with E-state index in [0.29, 0.717) is 11.1 Å². The van der Waals surface area contributed by atoms with Gasteiger partial charge in [0.25, 0.3) is 0 Å². The van der Waals surface area contributed by atoms with Gasteiger partial charge in [0.15, 0.2) is 11.1 Å². The van der Waals surface area contributed by atoms with Gasteiger partial charge in [0.2, 0.25) is 0 Å². The maximum Gasteiger partial charge on any atom is 0.196 e. The minimum Gasteiger partial charge on any atom is -0.359 e. The van der Waals surface area contributed by atoms with E-state index in [9.17, 15) is 0 Å². The number of hydrogen-bond donors (Lipinski definition) is 3. The Kier molecular flexibility index (Phi) is 8.13. The molecular formula is C22H31ClN6S. The largest absolute Gasteiger partial charge is 0.359 e. The van der Waals surface area contributed by atoms with Crippen LogP contribution in [0.25, 0.3) is 5.70 Å². The molecule has 2 aromatic rings. The number of benzene rings is 1. The van der Waals surface area contributed by atoms with Crippen LogP contribution in [0.1, 0.15) is 44.2 Å². The van der Waals surface area contributed by atoms with E-state index in [0.717, 1.165) is 53.4 Å². The molecule has 6 nitrogen and oxygen atoms in total. The second-order valence-corrected chi connectivity index (χ2v) is 8.90. The summed E-state index contributed by atoms with van der Waals surface area (Å²) in [6.45, 7) is 12.3. The van der Waals surface area contributed by atoms with E-state index in [1.807, 2.05) is 30.5 Å². The minimum atomic E-state index is -0.0232. The Bertz CT molecular complexity index is 887. The number of anilines is 1. The first-order chi connectivity index (χ1) is 14.5. The smallest absolute Gasteiger partial charge is 0.196 e. The van der Waals surface area contributed by atoms with E-state index in [1.165, 1.54) is 0 Å². The molecule has 0 spiro atoms. The molecule has 3 rings (SSSR count). The fourth-order valence-electron chi connectivity index (χ4n) is 3.22. The monoisotopic (exact) mass is 446 g/mol. The molecule has 0 fully saturated rings. The van der Waals surface area contributed by atoms with Crippen LogP contribution in [0, 0.1) is 0 Å². The highest BCUT2D eigenvalue weighted by Gasteiger charge is 2.22. The van der Waals surface area contributed by atoms with Crippen molar-refractivity contribution in [3.63, 3.8) is 0 Å². The van der Waals surface area contributed by atoms with Gasteiger partial charge in [0, 0.05) is 35.1 Å². The summed E-state index contributed by atoms with van der Waals surface area (Å²) in [7, 11) is 0. The summed E-state index contributed by atoms with van der Waals surface area (Å²) in [5.41, 5.74) is 1.92. The SMILES string of the molecule is CCN(CC)CCN=C1NC(c2ccccc2Cl)=CC(c2cnc(NC(C)C)s2)N1. The van der Waals surface area contributed by atoms with Gasteiger partial charge in [-0.2, -0.15) is 0 Å². The van der Waals surface area contributed by atoms with Crippen molar-refractivity contribution in [3.8, 4) is 0 Å². The average Bonchev–Trinajstić information content (AvgIpc) is 3.19. The Morgan fingerprint density at radius 3 is 2.73 bits per heavy atom. The molecule has 0 saturated carbocycles. The number of aromatic nitrogens is 1. The number of thiazole rings is 1. The first kappa shape index (κ1) is 22.6. The van der Waals surface area contributed by atoms with Crippen LogP contribution in [-0.2, 0) is 0 Å². The number of hydrogen-bond acceptors (Lipinski definition) is 5. The molecule has 0 bridgehead atoms. The predicted molar refractivity (Wildman–Crippen MR) is 129 cm³/mol. The molecule has 162 valence electrons. The predicted octanol–water partition coefficient (Wildman–Crippen LogP) is 4.59. The van der Waals surface area contributed by atoms with Gasteiger partial charge < -0.3 is 20.9 Å². The van der Waals surface area contributed by atoms with Gasteiger partial charge in [-0.15, -0.1) is 0 Å².